The summed E-state index contributed by atoms with van der Waals surface area (Å²) in [6.45, 7) is -0.594. The van der Waals surface area contributed by atoms with Crippen molar-refractivity contribution in [3.8, 4) is 0 Å². The van der Waals surface area contributed by atoms with E-state index in [1.54, 1.807) is 12.3 Å². The van der Waals surface area contributed by atoms with Crippen molar-refractivity contribution in [2.75, 3.05) is 6.61 Å². The number of carbonyl (C=O) groups is 1. The Morgan fingerprint density at radius 2 is 2.14 bits per heavy atom. The highest BCUT2D eigenvalue weighted by atomic mass is 31.2. The van der Waals surface area contributed by atoms with Gasteiger partial charge >= 0.3 is 7.82 Å². The number of rotatable bonds is 5. The molecule has 0 aromatic carbocycles. The maximum Gasteiger partial charge on any atom is 0.469 e. The van der Waals surface area contributed by atoms with Crippen LogP contribution in [0.15, 0.2) is 24.0 Å². The molecule has 2 aliphatic rings. The quantitative estimate of drug-likeness (QED) is 0.362. The Morgan fingerprint density at radius 1 is 1.45 bits per heavy atom. The zero-order valence-electron chi connectivity index (χ0n) is 11.3. The third-order valence-corrected chi connectivity index (χ3v) is 3.76. The van der Waals surface area contributed by atoms with Gasteiger partial charge in [0.15, 0.2) is 6.23 Å². The molecular weight excluding hydrogens is 319 g/mol. The summed E-state index contributed by atoms with van der Waals surface area (Å²) in [4.78, 5) is 29.8. The topological polar surface area (TPSA) is 163 Å². The minimum atomic E-state index is -4.71. The second-order valence-electron chi connectivity index (χ2n) is 4.89. The fraction of sp³-hybridized carbons (Fsp3) is 0.545. The average Bonchev–Trinajstić information content (AvgIpc) is 2.72. The minimum absolute atomic E-state index is 0.294. The van der Waals surface area contributed by atoms with Crippen LogP contribution in [0.1, 0.15) is 6.42 Å². The Kier molecular flexibility index (Phi) is 5.03. The number of hydrogen-bond donors (Lipinski definition) is 5. The highest BCUT2D eigenvalue weighted by Gasteiger charge is 2.45. The van der Waals surface area contributed by atoms with E-state index in [9.17, 15) is 19.6 Å². The van der Waals surface area contributed by atoms with Gasteiger partial charge in [0.25, 0.3) is 0 Å². The monoisotopic (exact) mass is 336 g/mol. The summed E-state index contributed by atoms with van der Waals surface area (Å²) in [5, 5.41) is 19.8. The van der Waals surface area contributed by atoms with E-state index < -0.39 is 44.9 Å². The van der Waals surface area contributed by atoms with Gasteiger partial charge in [-0.3, -0.25) is 9.32 Å². The van der Waals surface area contributed by atoms with Crippen LogP contribution in [0.5, 0.6) is 0 Å². The number of carbonyl (C=O) groups excluding carboxylic acids is 1. The molecule has 0 aromatic rings. The summed E-state index contributed by atoms with van der Waals surface area (Å²) in [5.74, 6) is -0.622. The van der Waals surface area contributed by atoms with E-state index in [4.69, 9.17) is 20.3 Å². The van der Waals surface area contributed by atoms with Gasteiger partial charge in [0.2, 0.25) is 5.91 Å². The predicted molar refractivity (Wildman–Crippen MR) is 71.5 cm³/mol. The van der Waals surface area contributed by atoms with Gasteiger partial charge in [-0.25, -0.2) is 4.57 Å². The largest absolute Gasteiger partial charge is 0.469 e. The number of primary amides is 1. The lowest BCUT2D eigenvalue weighted by atomic mass is 10.1. The summed E-state index contributed by atoms with van der Waals surface area (Å²) >= 11 is 0. The van der Waals surface area contributed by atoms with E-state index in [0.29, 0.717) is 12.0 Å². The number of nitrogens with zero attached hydrogens (tertiary/aromatic N) is 1. The first-order valence-corrected chi connectivity index (χ1v) is 7.88. The van der Waals surface area contributed by atoms with E-state index in [2.05, 4.69) is 4.52 Å². The van der Waals surface area contributed by atoms with Crippen LogP contribution >= 0.6 is 7.82 Å². The predicted octanol–water partition coefficient (Wildman–Crippen LogP) is -1.87. The maximum atomic E-state index is 11.2. The number of allylic oxidation sites excluding steroid dienone is 1. The van der Waals surface area contributed by atoms with Crippen LogP contribution < -0.4 is 5.73 Å². The molecule has 0 spiro atoms. The molecule has 2 heterocycles. The van der Waals surface area contributed by atoms with E-state index in [1.807, 2.05) is 0 Å². The molecular formula is C11H17N2O8P. The third-order valence-electron chi connectivity index (χ3n) is 3.27. The number of phosphoric ester groups is 1. The lowest BCUT2D eigenvalue weighted by molar-refractivity contribution is -0.114. The highest BCUT2D eigenvalue weighted by molar-refractivity contribution is 7.46. The Hall–Kier alpha value is -1.26. The van der Waals surface area contributed by atoms with Gasteiger partial charge in [0, 0.05) is 18.0 Å². The molecule has 1 fully saturated rings. The molecule has 4 atom stereocenters. The minimum Gasteiger partial charge on any atom is -0.387 e. The van der Waals surface area contributed by atoms with E-state index in [1.165, 1.54) is 11.1 Å². The first-order chi connectivity index (χ1) is 10.2. The van der Waals surface area contributed by atoms with Gasteiger partial charge in [-0.15, -0.1) is 0 Å². The molecule has 0 aromatic heterocycles. The molecule has 1 amide bonds. The molecule has 11 heteroatoms. The highest BCUT2D eigenvalue weighted by Crippen LogP contribution is 2.37. The molecule has 0 radical (unpaired) electrons. The van der Waals surface area contributed by atoms with Crippen molar-refractivity contribution in [2.24, 2.45) is 5.73 Å². The van der Waals surface area contributed by atoms with Gasteiger partial charge < -0.3 is 35.4 Å². The van der Waals surface area contributed by atoms with Gasteiger partial charge in [-0.1, -0.05) is 6.08 Å². The van der Waals surface area contributed by atoms with Gasteiger partial charge in [-0.2, -0.15) is 0 Å². The average molecular weight is 336 g/mol. The van der Waals surface area contributed by atoms with Crippen molar-refractivity contribution >= 4 is 13.7 Å². The van der Waals surface area contributed by atoms with Gasteiger partial charge in [-0.05, 0) is 6.42 Å². The smallest absolute Gasteiger partial charge is 0.387 e. The number of amides is 1. The Bertz CT molecular complexity index is 544. The summed E-state index contributed by atoms with van der Waals surface area (Å²) in [5.41, 5.74) is 5.48. The summed E-state index contributed by atoms with van der Waals surface area (Å²) < 4.78 is 20.3. The number of ether oxygens (including phenoxy) is 1. The van der Waals surface area contributed by atoms with Crippen molar-refractivity contribution in [3.63, 3.8) is 0 Å². The van der Waals surface area contributed by atoms with E-state index >= 15 is 0 Å². The maximum absolute atomic E-state index is 11.2. The normalized spacial score (nSPS) is 32.2. The first kappa shape index (κ1) is 17.1. The summed E-state index contributed by atoms with van der Waals surface area (Å²) in [7, 11) is -4.71. The van der Waals surface area contributed by atoms with E-state index in [-0.39, 0.29) is 0 Å². The molecule has 6 N–H and O–H groups in total. The second-order valence-corrected chi connectivity index (χ2v) is 6.13. The summed E-state index contributed by atoms with van der Waals surface area (Å²) in [6.07, 6.45) is -0.0475. The lowest BCUT2D eigenvalue weighted by Gasteiger charge is -2.28. The molecule has 1 saturated heterocycles. The molecule has 0 bridgehead atoms. The Balaban J connectivity index is 2.06. The zero-order chi connectivity index (χ0) is 16.5. The number of aliphatic hydroxyl groups is 2. The van der Waals surface area contributed by atoms with Crippen molar-refractivity contribution in [1.29, 1.82) is 0 Å². The van der Waals surface area contributed by atoms with Crippen LogP contribution in [0.25, 0.3) is 0 Å². The van der Waals surface area contributed by atoms with Crippen LogP contribution in [-0.2, 0) is 18.6 Å². The fourth-order valence-electron chi connectivity index (χ4n) is 2.18. The fourth-order valence-corrected chi connectivity index (χ4v) is 2.52. The summed E-state index contributed by atoms with van der Waals surface area (Å²) in [6, 6.07) is 0. The second kappa shape index (κ2) is 6.47. The van der Waals surface area contributed by atoms with Crippen molar-refractivity contribution in [2.45, 2.75) is 31.0 Å². The standard InChI is InChI=1S/C11H17N2O8P/c12-10(16)6-2-1-3-13(4-6)11-9(15)8(14)7(21-11)5-20-22(17,18)19/h1,3-4,7-9,11,14-15H,2,5H2,(H2,12,16)(H2,17,18,19)/t7-,8?,9+,11-/m1/s1. The third kappa shape index (κ3) is 3.93. The van der Waals surface area contributed by atoms with Crippen molar-refractivity contribution in [1.82, 2.24) is 4.90 Å². The van der Waals surface area contributed by atoms with Gasteiger partial charge in [0.1, 0.15) is 18.3 Å². The molecule has 124 valence electrons. The SMILES string of the molecule is NC(=O)C1=CN([C@@H]2O[C@H](COP(=O)(O)O)C(O)[C@@H]2O)C=CC1. The number of aliphatic hydroxyl groups excluding tert-OH is 2. The molecule has 1 unspecified atom stereocenters. The first-order valence-electron chi connectivity index (χ1n) is 6.35. The lowest BCUT2D eigenvalue weighted by Crippen LogP contribution is -2.40. The number of nitrogens with two attached hydrogens (primary N) is 1. The number of phosphoric acid groups is 1. The molecule has 22 heavy (non-hydrogen) atoms. The van der Waals surface area contributed by atoms with Crippen LogP contribution in [0.4, 0.5) is 0 Å². The number of hydrogen-bond acceptors (Lipinski definition) is 7. The Labute approximate surface area is 125 Å². The molecule has 2 aliphatic heterocycles. The van der Waals surface area contributed by atoms with Gasteiger partial charge in [0.05, 0.1) is 6.61 Å². The molecule has 0 aliphatic carbocycles. The van der Waals surface area contributed by atoms with Crippen molar-refractivity contribution in [3.05, 3.63) is 24.0 Å². The van der Waals surface area contributed by atoms with Crippen molar-refractivity contribution < 1.29 is 38.6 Å². The molecule has 2 rings (SSSR count). The van der Waals surface area contributed by atoms with E-state index in [0.717, 1.165) is 0 Å². The van der Waals surface area contributed by atoms with Crippen LogP contribution in [0.3, 0.4) is 0 Å². The molecule has 0 saturated carbocycles. The van der Waals surface area contributed by atoms with Crippen LogP contribution in [0, 0.1) is 0 Å². The van der Waals surface area contributed by atoms with Crippen LogP contribution in [0.2, 0.25) is 0 Å². The van der Waals surface area contributed by atoms with Crippen LogP contribution in [-0.4, -0.2) is 62.0 Å². The molecule has 10 nitrogen and oxygen atoms in total. The Morgan fingerprint density at radius 3 is 2.73 bits per heavy atom. The zero-order valence-corrected chi connectivity index (χ0v) is 12.2.